The number of aromatic nitrogens is 1. The van der Waals surface area contributed by atoms with Gasteiger partial charge in [-0.2, -0.15) is 0 Å². The van der Waals surface area contributed by atoms with E-state index in [1.54, 1.807) is 7.11 Å². The van der Waals surface area contributed by atoms with Crippen LogP contribution >= 0.6 is 0 Å². The summed E-state index contributed by atoms with van der Waals surface area (Å²) >= 11 is 0. The van der Waals surface area contributed by atoms with Gasteiger partial charge in [0.2, 0.25) is 0 Å². The Kier molecular flexibility index (Phi) is 7.92. The van der Waals surface area contributed by atoms with E-state index < -0.39 is 0 Å². The zero-order chi connectivity index (χ0) is 23.1. The number of rotatable bonds is 10. The molecule has 0 spiro atoms. The first-order chi connectivity index (χ1) is 15.5. The summed E-state index contributed by atoms with van der Waals surface area (Å²) in [4.78, 5) is 17.4. The molecule has 0 saturated carbocycles. The van der Waals surface area contributed by atoms with Crippen LogP contribution in [0.2, 0.25) is 0 Å². The number of carbonyl (C=O) groups is 1. The molecule has 6 nitrogen and oxygen atoms in total. The zero-order valence-electron chi connectivity index (χ0n) is 19.4. The van der Waals surface area contributed by atoms with Crippen LogP contribution < -0.4 is 20.5 Å². The number of fused-ring (bicyclic) bond motifs is 1. The summed E-state index contributed by atoms with van der Waals surface area (Å²) in [5.41, 5.74) is 10.2. The van der Waals surface area contributed by atoms with Crippen molar-refractivity contribution in [1.29, 1.82) is 0 Å². The number of nitrogens with two attached hydrogens (primary N) is 1. The summed E-state index contributed by atoms with van der Waals surface area (Å²) in [5, 5.41) is 3.87. The summed E-state index contributed by atoms with van der Waals surface area (Å²) in [5.74, 6) is 1.28. The Labute approximate surface area is 190 Å². The number of nitrogens with zero attached hydrogens (tertiary/aromatic N) is 1. The van der Waals surface area contributed by atoms with Crippen LogP contribution in [0.5, 0.6) is 11.5 Å². The van der Waals surface area contributed by atoms with Crippen LogP contribution in [-0.2, 0) is 6.42 Å². The first-order valence-electron chi connectivity index (χ1n) is 11.2. The minimum Gasteiger partial charge on any atom is -0.496 e. The van der Waals surface area contributed by atoms with E-state index >= 15 is 0 Å². The Hall–Kier alpha value is -3.28. The molecule has 1 amide bonds. The highest BCUT2D eigenvalue weighted by Gasteiger charge is 2.16. The van der Waals surface area contributed by atoms with Gasteiger partial charge in [-0.25, -0.2) is 0 Å². The predicted molar refractivity (Wildman–Crippen MR) is 130 cm³/mol. The molecule has 0 fully saturated rings. The summed E-state index contributed by atoms with van der Waals surface area (Å²) in [6.45, 7) is 6.42. The maximum atomic E-state index is 12.9. The van der Waals surface area contributed by atoms with E-state index in [0.717, 1.165) is 53.6 Å². The summed E-state index contributed by atoms with van der Waals surface area (Å²) < 4.78 is 11.6. The third-order valence-corrected chi connectivity index (χ3v) is 5.57. The van der Waals surface area contributed by atoms with E-state index in [4.69, 9.17) is 15.2 Å². The molecule has 3 rings (SSSR count). The number of nitrogens with one attached hydrogen (secondary N) is 1. The molecule has 3 N–H and O–H groups in total. The second-order valence-corrected chi connectivity index (χ2v) is 8.02. The molecule has 3 aromatic rings. The molecule has 0 aliphatic carbocycles. The number of pyridine rings is 1. The van der Waals surface area contributed by atoms with Gasteiger partial charge in [0.25, 0.3) is 5.91 Å². The van der Waals surface area contributed by atoms with Crippen molar-refractivity contribution in [3.63, 3.8) is 0 Å². The van der Waals surface area contributed by atoms with Gasteiger partial charge in [-0.05, 0) is 62.1 Å². The zero-order valence-corrected chi connectivity index (χ0v) is 19.4. The molecular formula is C26H33N3O3. The third kappa shape index (κ3) is 5.49. The van der Waals surface area contributed by atoms with Gasteiger partial charge >= 0.3 is 0 Å². The molecule has 1 aromatic heterocycles. The SMILES string of the molecule is CCCCc1ccc(C(=O)NC(CC)COc2cccc3nc(C)cc(N)c23)cc1OC. The molecule has 1 atom stereocenters. The van der Waals surface area contributed by atoms with Crippen LogP contribution in [0.15, 0.2) is 42.5 Å². The summed E-state index contributed by atoms with van der Waals surface area (Å²) in [6.07, 6.45) is 3.87. The van der Waals surface area contributed by atoms with Crippen LogP contribution in [0, 0.1) is 6.92 Å². The lowest BCUT2D eigenvalue weighted by Gasteiger charge is -2.19. The van der Waals surface area contributed by atoms with Gasteiger partial charge in [-0.15, -0.1) is 0 Å². The molecule has 170 valence electrons. The van der Waals surface area contributed by atoms with Gasteiger partial charge in [-0.3, -0.25) is 9.78 Å². The van der Waals surface area contributed by atoms with E-state index in [1.165, 1.54) is 0 Å². The normalized spacial score (nSPS) is 11.9. The van der Waals surface area contributed by atoms with Crippen LogP contribution in [0.3, 0.4) is 0 Å². The highest BCUT2D eigenvalue weighted by atomic mass is 16.5. The predicted octanol–water partition coefficient (Wildman–Crippen LogP) is 5.06. The summed E-state index contributed by atoms with van der Waals surface area (Å²) in [6, 6.07) is 13.0. The molecule has 32 heavy (non-hydrogen) atoms. The molecule has 2 aromatic carbocycles. The van der Waals surface area contributed by atoms with Crippen molar-refractivity contribution in [1.82, 2.24) is 10.3 Å². The first kappa shape index (κ1) is 23.4. The first-order valence-corrected chi connectivity index (χ1v) is 11.2. The Bertz CT molecular complexity index is 1080. The molecule has 0 aliphatic rings. The number of hydrogen-bond acceptors (Lipinski definition) is 5. The van der Waals surface area contributed by atoms with Gasteiger partial charge < -0.3 is 20.5 Å². The van der Waals surface area contributed by atoms with Crippen LogP contribution in [0.25, 0.3) is 10.9 Å². The molecule has 0 bridgehead atoms. The second-order valence-electron chi connectivity index (χ2n) is 8.02. The van der Waals surface area contributed by atoms with E-state index in [1.807, 2.05) is 56.3 Å². The number of carbonyl (C=O) groups excluding carboxylic acids is 1. The van der Waals surface area contributed by atoms with Crippen LogP contribution in [-0.4, -0.2) is 30.6 Å². The monoisotopic (exact) mass is 435 g/mol. The number of hydrogen-bond donors (Lipinski definition) is 2. The van der Waals surface area contributed by atoms with Gasteiger partial charge in [0.05, 0.1) is 24.1 Å². The third-order valence-electron chi connectivity index (χ3n) is 5.57. The second kappa shape index (κ2) is 10.8. The highest BCUT2D eigenvalue weighted by molar-refractivity contribution is 5.96. The molecule has 1 heterocycles. The number of benzene rings is 2. The fraction of sp³-hybridized carbons (Fsp3) is 0.385. The fourth-order valence-corrected chi connectivity index (χ4v) is 3.72. The number of aryl methyl sites for hydroxylation is 2. The van der Waals surface area contributed by atoms with Crippen molar-refractivity contribution in [2.75, 3.05) is 19.5 Å². The number of ether oxygens (including phenoxy) is 2. The van der Waals surface area contributed by atoms with Gasteiger partial charge in [-0.1, -0.05) is 32.4 Å². The van der Waals surface area contributed by atoms with Gasteiger partial charge in [0.1, 0.15) is 18.1 Å². The van der Waals surface area contributed by atoms with E-state index in [9.17, 15) is 4.79 Å². The van der Waals surface area contributed by atoms with Crippen molar-refractivity contribution in [2.45, 2.75) is 52.5 Å². The number of nitrogen functional groups attached to an aromatic ring is 1. The van der Waals surface area contributed by atoms with Gasteiger partial charge in [0.15, 0.2) is 0 Å². The smallest absolute Gasteiger partial charge is 0.251 e. The fourth-order valence-electron chi connectivity index (χ4n) is 3.72. The summed E-state index contributed by atoms with van der Waals surface area (Å²) in [7, 11) is 1.64. The van der Waals surface area contributed by atoms with Crippen molar-refractivity contribution < 1.29 is 14.3 Å². The maximum absolute atomic E-state index is 12.9. The number of anilines is 1. The lowest BCUT2D eigenvalue weighted by atomic mass is 10.0. The Balaban J connectivity index is 1.70. The minimum atomic E-state index is -0.150. The minimum absolute atomic E-state index is 0.143. The van der Waals surface area contributed by atoms with Crippen molar-refractivity contribution >= 4 is 22.5 Å². The molecule has 0 saturated heterocycles. The van der Waals surface area contributed by atoms with Crippen molar-refractivity contribution in [3.05, 3.63) is 59.3 Å². The molecule has 6 heteroatoms. The quantitative estimate of drug-likeness (QED) is 0.465. The van der Waals surface area contributed by atoms with E-state index in [2.05, 4.69) is 17.2 Å². The topological polar surface area (TPSA) is 86.5 Å². The lowest BCUT2D eigenvalue weighted by Crippen LogP contribution is -2.38. The molecule has 0 aliphatic heterocycles. The Morgan fingerprint density at radius 3 is 2.69 bits per heavy atom. The Morgan fingerprint density at radius 1 is 1.16 bits per heavy atom. The number of unbranched alkanes of at least 4 members (excludes halogenated alkanes) is 1. The van der Waals surface area contributed by atoms with Crippen LogP contribution in [0.4, 0.5) is 5.69 Å². The average molecular weight is 436 g/mol. The number of amides is 1. The lowest BCUT2D eigenvalue weighted by molar-refractivity contribution is 0.0920. The maximum Gasteiger partial charge on any atom is 0.251 e. The van der Waals surface area contributed by atoms with Crippen molar-refractivity contribution in [3.8, 4) is 11.5 Å². The molecular weight excluding hydrogens is 402 g/mol. The molecule has 0 radical (unpaired) electrons. The largest absolute Gasteiger partial charge is 0.496 e. The van der Waals surface area contributed by atoms with Gasteiger partial charge in [0, 0.05) is 16.9 Å². The van der Waals surface area contributed by atoms with Crippen LogP contribution in [0.1, 0.15) is 54.7 Å². The Morgan fingerprint density at radius 2 is 1.97 bits per heavy atom. The van der Waals surface area contributed by atoms with Crippen molar-refractivity contribution in [2.24, 2.45) is 0 Å². The van der Waals surface area contributed by atoms with E-state index in [0.29, 0.717) is 23.6 Å². The average Bonchev–Trinajstić information content (AvgIpc) is 2.79. The standard InChI is InChI=1S/C26H33N3O3/c1-5-7-9-18-12-13-19(15-24(18)31-4)26(30)29-20(6-2)16-32-23-11-8-10-22-25(23)21(27)14-17(3)28-22/h8,10-15,20H,5-7,9,16H2,1-4H3,(H2,27,28)(H,29,30). The number of methoxy groups -OCH3 is 1. The van der Waals surface area contributed by atoms with E-state index in [-0.39, 0.29) is 11.9 Å². The highest BCUT2D eigenvalue weighted by Crippen LogP contribution is 2.30. The molecule has 1 unspecified atom stereocenters.